The minimum Gasteiger partial charge on any atom is -0.478 e. The number of nitrogens with zero attached hydrogens (tertiary/aromatic N) is 2. The average molecular weight is 234 g/mol. The van der Waals surface area contributed by atoms with Crippen molar-refractivity contribution in [2.24, 2.45) is 0 Å². The number of likely N-dealkylation sites (tertiary alicyclic amines) is 1. The first-order valence-corrected chi connectivity index (χ1v) is 6.15. The van der Waals surface area contributed by atoms with Gasteiger partial charge in [0.1, 0.15) is 0 Å². The number of ether oxygens (including phenoxy) is 1. The van der Waals surface area contributed by atoms with Crippen molar-refractivity contribution in [2.75, 3.05) is 13.2 Å². The van der Waals surface area contributed by atoms with E-state index in [2.05, 4.69) is 4.98 Å². The highest BCUT2D eigenvalue weighted by Crippen LogP contribution is 2.33. The van der Waals surface area contributed by atoms with E-state index in [4.69, 9.17) is 4.74 Å². The quantitative estimate of drug-likeness (QED) is 0.750. The van der Waals surface area contributed by atoms with Crippen LogP contribution in [0.3, 0.4) is 0 Å². The highest BCUT2D eigenvalue weighted by Gasteiger charge is 2.25. The summed E-state index contributed by atoms with van der Waals surface area (Å²) >= 11 is 0. The van der Waals surface area contributed by atoms with Crippen LogP contribution >= 0.6 is 0 Å². The first-order valence-electron chi connectivity index (χ1n) is 6.15. The molecule has 0 saturated carbocycles. The Morgan fingerprint density at radius 2 is 2.47 bits per heavy atom. The van der Waals surface area contributed by atoms with Crippen molar-refractivity contribution >= 4 is 6.41 Å². The maximum atomic E-state index is 11.1. The van der Waals surface area contributed by atoms with Gasteiger partial charge in [-0.25, -0.2) is 4.98 Å². The fourth-order valence-electron chi connectivity index (χ4n) is 2.33. The summed E-state index contributed by atoms with van der Waals surface area (Å²) in [7, 11) is 0. The Labute approximate surface area is 102 Å². The maximum Gasteiger partial charge on any atom is 0.218 e. The van der Waals surface area contributed by atoms with Gasteiger partial charge in [0.15, 0.2) is 0 Å². The molecule has 4 heteroatoms. The van der Waals surface area contributed by atoms with Gasteiger partial charge in [0.25, 0.3) is 0 Å². The van der Waals surface area contributed by atoms with E-state index < -0.39 is 0 Å². The van der Waals surface area contributed by atoms with E-state index >= 15 is 0 Å². The molecule has 1 amide bonds. The SMILES string of the molecule is CCOc1ncccc1[C@H]1CCCCN1C=O. The zero-order valence-electron chi connectivity index (χ0n) is 10.1. The number of amides is 1. The van der Waals surface area contributed by atoms with Crippen LogP contribution < -0.4 is 4.74 Å². The Bertz CT molecular complexity index is 381. The van der Waals surface area contributed by atoms with Crippen molar-refractivity contribution < 1.29 is 9.53 Å². The lowest BCUT2D eigenvalue weighted by atomic mass is 9.96. The molecule has 0 N–H and O–H groups in total. The van der Waals surface area contributed by atoms with Gasteiger partial charge in [-0.15, -0.1) is 0 Å². The van der Waals surface area contributed by atoms with Crippen LogP contribution in [0.2, 0.25) is 0 Å². The van der Waals surface area contributed by atoms with E-state index in [1.807, 2.05) is 24.0 Å². The molecular weight excluding hydrogens is 216 g/mol. The molecule has 92 valence electrons. The zero-order chi connectivity index (χ0) is 12.1. The van der Waals surface area contributed by atoms with Crippen LogP contribution in [0.5, 0.6) is 5.88 Å². The summed E-state index contributed by atoms with van der Waals surface area (Å²) in [4.78, 5) is 17.2. The highest BCUT2D eigenvalue weighted by molar-refractivity contribution is 5.50. The third-order valence-corrected chi connectivity index (χ3v) is 3.12. The Kier molecular flexibility index (Phi) is 3.96. The van der Waals surface area contributed by atoms with E-state index in [0.717, 1.165) is 37.8 Å². The molecule has 1 fully saturated rings. The monoisotopic (exact) mass is 234 g/mol. The second-order valence-corrected chi connectivity index (χ2v) is 4.19. The number of carbonyl (C=O) groups excluding carboxylic acids is 1. The molecule has 0 bridgehead atoms. The predicted molar refractivity (Wildman–Crippen MR) is 64.8 cm³/mol. The average Bonchev–Trinajstić information content (AvgIpc) is 2.40. The van der Waals surface area contributed by atoms with Crippen molar-refractivity contribution in [3.8, 4) is 5.88 Å². The molecule has 2 rings (SSSR count). The summed E-state index contributed by atoms with van der Waals surface area (Å²) in [5.74, 6) is 0.661. The molecule has 1 aromatic rings. The van der Waals surface area contributed by atoms with Gasteiger partial charge >= 0.3 is 0 Å². The normalized spacial score (nSPS) is 20.1. The molecule has 2 heterocycles. The molecule has 0 unspecified atom stereocenters. The predicted octanol–water partition coefficient (Wildman–Crippen LogP) is 2.16. The number of hydrogen-bond donors (Lipinski definition) is 0. The Balaban J connectivity index is 2.27. The van der Waals surface area contributed by atoms with Crippen LogP contribution in [0.1, 0.15) is 37.8 Å². The summed E-state index contributed by atoms with van der Waals surface area (Å²) in [5.41, 5.74) is 1.03. The Hall–Kier alpha value is -1.58. The zero-order valence-corrected chi connectivity index (χ0v) is 10.1. The fraction of sp³-hybridized carbons (Fsp3) is 0.538. The standard InChI is InChI=1S/C13H18N2O2/c1-2-17-13-11(6-5-8-14-13)12-7-3-4-9-15(12)10-16/h5-6,8,10,12H,2-4,7,9H2,1H3/t12-/m1/s1. The minimum atomic E-state index is 0.122. The van der Waals surface area contributed by atoms with Crippen LogP contribution in [0.15, 0.2) is 18.3 Å². The van der Waals surface area contributed by atoms with Gasteiger partial charge in [-0.2, -0.15) is 0 Å². The molecule has 17 heavy (non-hydrogen) atoms. The second kappa shape index (κ2) is 5.66. The number of carbonyl (C=O) groups is 1. The van der Waals surface area contributed by atoms with Crippen LogP contribution in [0.25, 0.3) is 0 Å². The van der Waals surface area contributed by atoms with Crippen molar-refractivity contribution in [1.29, 1.82) is 0 Å². The van der Waals surface area contributed by atoms with Gasteiger partial charge < -0.3 is 9.64 Å². The summed E-state index contributed by atoms with van der Waals surface area (Å²) in [6.45, 7) is 3.36. The maximum absolute atomic E-state index is 11.1. The number of rotatable bonds is 4. The molecular formula is C13H18N2O2. The second-order valence-electron chi connectivity index (χ2n) is 4.19. The Morgan fingerprint density at radius 3 is 3.24 bits per heavy atom. The molecule has 0 radical (unpaired) electrons. The van der Waals surface area contributed by atoms with Crippen LogP contribution in [-0.4, -0.2) is 29.4 Å². The van der Waals surface area contributed by atoms with Crippen molar-refractivity contribution in [1.82, 2.24) is 9.88 Å². The lowest BCUT2D eigenvalue weighted by molar-refractivity contribution is -0.121. The molecule has 0 aromatic carbocycles. The topological polar surface area (TPSA) is 42.4 Å². The molecule has 1 aliphatic heterocycles. The molecule has 4 nitrogen and oxygen atoms in total. The highest BCUT2D eigenvalue weighted by atomic mass is 16.5. The van der Waals surface area contributed by atoms with E-state index in [-0.39, 0.29) is 6.04 Å². The van der Waals surface area contributed by atoms with Crippen molar-refractivity contribution in [3.63, 3.8) is 0 Å². The molecule has 1 aromatic heterocycles. The number of pyridine rings is 1. The molecule has 1 saturated heterocycles. The third-order valence-electron chi connectivity index (χ3n) is 3.12. The van der Waals surface area contributed by atoms with Crippen LogP contribution in [-0.2, 0) is 4.79 Å². The number of piperidine rings is 1. The van der Waals surface area contributed by atoms with Gasteiger partial charge in [-0.3, -0.25) is 4.79 Å². The van der Waals surface area contributed by atoms with Crippen LogP contribution in [0, 0.1) is 0 Å². The number of hydrogen-bond acceptors (Lipinski definition) is 3. The van der Waals surface area contributed by atoms with Gasteiger partial charge in [-0.1, -0.05) is 6.07 Å². The van der Waals surface area contributed by atoms with Crippen molar-refractivity contribution in [2.45, 2.75) is 32.2 Å². The smallest absolute Gasteiger partial charge is 0.218 e. The molecule has 0 aliphatic carbocycles. The molecule has 1 atom stereocenters. The number of aromatic nitrogens is 1. The summed E-state index contributed by atoms with van der Waals surface area (Å²) < 4.78 is 5.53. The first-order chi connectivity index (χ1) is 8.36. The largest absolute Gasteiger partial charge is 0.478 e. The lowest BCUT2D eigenvalue weighted by Crippen LogP contribution is -2.32. The summed E-state index contributed by atoms with van der Waals surface area (Å²) in [5, 5.41) is 0. The van der Waals surface area contributed by atoms with E-state index in [0.29, 0.717) is 12.5 Å². The fourth-order valence-corrected chi connectivity index (χ4v) is 2.33. The van der Waals surface area contributed by atoms with E-state index in [9.17, 15) is 4.79 Å². The van der Waals surface area contributed by atoms with E-state index in [1.54, 1.807) is 6.20 Å². The molecule has 1 aliphatic rings. The first kappa shape index (κ1) is 11.9. The van der Waals surface area contributed by atoms with Gasteiger partial charge in [0.2, 0.25) is 12.3 Å². The van der Waals surface area contributed by atoms with Crippen LogP contribution in [0.4, 0.5) is 0 Å². The molecule has 0 spiro atoms. The minimum absolute atomic E-state index is 0.122. The van der Waals surface area contributed by atoms with Gasteiger partial charge in [0, 0.05) is 18.3 Å². The summed E-state index contributed by atoms with van der Waals surface area (Å²) in [6, 6.07) is 4.02. The Morgan fingerprint density at radius 1 is 1.59 bits per heavy atom. The van der Waals surface area contributed by atoms with Gasteiger partial charge in [-0.05, 0) is 32.3 Å². The third kappa shape index (κ3) is 2.57. The lowest BCUT2D eigenvalue weighted by Gasteiger charge is -2.33. The van der Waals surface area contributed by atoms with Gasteiger partial charge in [0.05, 0.1) is 12.6 Å². The summed E-state index contributed by atoms with van der Waals surface area (Å²) in [6.07, 6.45) is 5.88. The van der Waals surface area contributed by atoms with E-state index in [1.165, 1.54) is 0 Å². The van der Waals surface area contributed by atoms with Crippen molar-refractivity contribution in [3.05, 3.63) is 23.9 Å².